The summed E-state index contributed by atoms with van der Waals surface area (Å²) in [6.07, 6.45) is 18.9. The smallest absolute Gasteiger partial charge is 0.291 e. The van der Waals surface area contributed by atoms with Crippen LogP contribution in [-0.2, 0) is 24.4 Å². The number of aromatic nitrogens is 18. The van der Waals surface area contributed by atoms with Crippen molar-refractivity contribution in [2.75, 3.05) is 122 Å². The zero-order chi connectivity index (χ0) is 73.6. The Morgan fingerprint density at radius 1 is 0.453 bits per heavy atom. The summed E-state index contributed by atoms with van der Waals surface area (Å²) < 4.78 is 16.0. The molecule has 31 heteroatoms. The van der Waals surface area contributed by atoms with Gasteiger partial charge in [0.25, 0.3) is 17.7 Å². The highest BCUT2D eigenvalue weighted by Crippen LogP contribution is 2.27. The largest absolute Gasteiger partial charge is 0.379 e. The lowest BCUT2D eigenvalue weighted by Gasteiger charge is -2.28. The van der Waals surface area contributed by atoms with Gasteiger partial charge in [-0.25, -0.2) is 29.0 Å². The number of hydrogen-bond acceptors (Lipinski definition) is 22. The first-order valence-electron chi connectivity index (χ1n) is 36.4. The van der Waals surface area contributed by atoms with Gasteiger partial charge in [-0.3, -0.25) is 19.3 Å². The van der Waals surface area contributed by atoms with Crippen LogP contribution in [0, 0.1) is 0 Å². The number of benzene rings is 3. The molecule has 0 spiro atoms. The van der Waals surface area contributed by atoms with Gasteiger partial charge in [0.2, 0.25) is 35.3 Å². The van der Waals surface area contributed by atoms with E-state index in [1.165, 1.54) is 12.8 Å². The maximum Gasteiger partial charge on any atom is 0.291 e. The zero-order valence-corrected chi connectivity index (χ0v) is 61.4. The maximum absolute atomic E-state index is 13.4. The average molecular weight is 1440 g/mol. The Morgan fingerprint density at radius 2 is 0.811 bits per heavy atom. The van der Waals surface area contributed by atoms with Gasteiger partial charge >= 0.3 is 0 Å². The highest BCUT2D eigenvalue weighted by Gasteiger charge is 2.28. The minimum absolute atomic E-state index is 0.155. The molecule has 0 radical (unpaired) electrons. The van der Waals surface area contributed by atoms with Crippen molar-refractivity contribution in [2.45, 2.75) is 91.8 Å². The van der Waals surface area contributed by atoms with E-state index in [9.17, 15) is 14.4 Å². The first-order valence-corrected chi connectivity index (χ1v) is 36.4. The Bertz CT molecular complexity index is 4890. The van der Waals surface area contributed by atoms with Gasteiger partial charge in [-0.1, -0.05) is 96.1 Å². The number of hydrogen-bond donors (Lipinski definition) is 4. The zero-order valence-electron chi connectivity index (χ0n) is 61.4. The third-order valence-electron chi connectivity index (χ3n) is 19.1. The molecule has 3 aliphatic rings. The Balaban J connectivity index is 0.000000141. The average Bonchev–Trinajstić information content (AvgIpc) is 1.61. The molecule has 3 aromatic carbocycles. The molecule has 0 saturated carbocycles. The first-order chi connectivity index (χ1) is 51.6. The molecule has 552 valence electrons. The monoisotopic (exact) mass is 1440 g/mol. The van der Waals surface area contributed by atoms with Gasteiger partial charge in [0.15, 0.2) is 16.9 Å². The van der Waals surface area contributed by atoms with Crippen molar-refractivity contribution in [3.05, 3.63) is 198 Å². The molecule has 3 amide bonds. The number of nitrogens with one attached hydrogen (secondary N) is 4. The summed E-state index contributed by atoms with van der Waals surface area (Å²) in [5.74, 6) is 2.02. The van der Waals surface area contributed by atoms with Gasteiger partial charge < -0.3 is 45.6 Å². The fourth-order valence-corrected chi connectivity index (χ4v) is 12.9. The molecule has 3 saturated heterocycles. The molecule has 15 rings (SSSR count). The molecule has 0 atom stereocenters. The Kier molecular flexibility index (Phi) is 23.4. The normalized spacial score (nSPS) is 14.2. The summed E-state index contributed by atoms with van der Waals surface area (Å²) in [5.41, 5.74) is 10.9. The summed E-state index contributed by atoms with van der Waals surface area (Å²) in [4.78, 5) is 77.6. The number of para-hydroxylation sites is 3. The van der Waals surface area contributed by atoms with Crippen LogP contribution in [0.5, 0.6) is 0 Å². The molecule has 31 nitrogen and oxygen atoms in total. The van der Waals surface area contributed by atoms with Gasteiger partial charge in [0.1, 0.15) is 0 Å². The molecule has 0 aliphatic carbocycles. The van der Waals surface area contributed by atoms with Gasteiger partial charge in [-0.15, -0.1) is 0 Å². The van der Waals surface area contributed by atoms with Crippen molar-refractivity contribution in [1.29, 1.82) is 0 Å². The number of fused-ring (bicyclic) bond motifs is 3. The van der Waals surface area contributed by atoms with Crippen LogP contribution in [0.15, 0.2) is 147 Å². The van der Waals surface area contributed by atoms with E-state index in [1.807, 2.05) is 137 Å². The molecule has 12 aromatic rings. The fraction of sp³-hybridized carbons (Fsp3) is 0.400. The number of piperazine rings is 1. The Morgan fingerprint density at radius 3 is 1.18 bits per heavy atom. The standard InChI is InChI=1S/C26H33N9O2.C26H33N9O.C23H27N9O/c1-19(2)21-18-29-35-24(21)30-23(25(36)32(3)11-12-33-13-15-37-16-14-33)31-26(35)27-17-20-7-4-5-8-22(20)34-10-6-9-28-34;1-19(2)21-18-29-35-24(21)30-23(25(36)32(3)15-16-33-12-6-7-13-33)31-26(35)27-17-20-9-4-5-10-22(20)34-14-8-11-28-34;1-16(2)18-15-27-32-21(18)28-20(22(33)30-12-9-24-10-13-30)29-23(32)25-14-17-6-3-4-7-19(17)31-11-5-8-26-31/h4-10,18-19H,11-17H2,1-3H3,(H,27,30,31);4-5,8-11,14,18-19H,6-7,12-13,15-17H2,1-3H3,(H,27,30,31);3-8,11,15-16,24H,9-10,12-14H2,1-2H3,(H,25,28,29). The number of carbonyl (C=O) groups excluding carboxylic acids is 3. The Labute approximate surface area is 615 Å². The summed E-state index contributed by atoms with van der Waals surface area (Å²) >= 11 is 0. The predicted octanol–water partition coefficient (Wildman–Crippen LogP) is 7.75. The maximum atomic E-state index is 13.4. The van der Waals surface area contributed by atoms with E-state index in [0.29, 0.717) is 80.6 Å². The topological polar surface area (TPSA) is 307 Å². The summed E-state index contributed by atoms with van der Waals surface area (Å²) in [5, 5.41) is 40.1. The van der Waals surface area contributed by atoms with E-state index in [2.05, 4.69) is 133 Å². The number of anilines is 3. The number of ether oxygens (including phenoxy) is 1. The number of likely N-dealkylation sites (N-methyl/N-ethyl adjacent to an activating group) is 2. The van der Waals surface area contributed by atoms with E-state index in [0.717, 1.165) is 116 Å². The third-order valence-corrected chi connectivity index (χ3v) is 19.1. The van der Waals surface area contributed by atoms with E-state index in [1.54, 1.807) is 66.3 Å². The van der Waals surface area contributed by atoms with E-state index >= 15 is 0 Å². The van der Waals surface area contributed by atoms with Crippen LogP contribution in [0.2, 0.25) is 0 Å². The third kappa shape index (κ3) is 17.0. The van der Waals surface area contributed by atoms with Gasteiger partial charge in [-0.05, 0) is 96.8 Å². The van der Waals surface area contributed by atoms with Gasteiger partial charge in [-0.2, -0.15) is 59.1 Å². The summed E-state index contributed by atoms with van der Waals surface area (Å²) in [6.45, 7) is 25.1. The molecule has 3 fully saturated rings. The summed E-state index contributed by atoms with van der Waals surface area (Å²) in [7, 11) is 3.61. The van der Waals surface area contributed by atoms with Gasteiger partial charge in [0, 0.05) is 153 Å². The lowest BCUT2D eigenvalue weighted by molar-refractivity contribution is 0.0337. The minimum atomic E-state index is -0.216. The Hall–Kier alpha value is -11.4. The number of likely N-dealkylation sites (tertiary alicyclic amines) is 1. The highest BCUT2D eigenvalue weighted by molar-refractivity contribution is 5.92. The second kappa shape index (κ2) is 34.0. The molecule has 4 N–H and O–H groups in total. The van der Waals surface area contributed by atoms with Crippen molar-refractivity contribution >= 4 is 52.5 Å². The second-order valence-corrected chi connectivity index (χ2v) is 27.4. The number of morpholine rings is 1. The molecule has 3 aliphatic heterocycles. The molecule has 106 heavy (non-hydrogen) atoms. The fourth-order valence-electron chi connectivity index (χ4n) is 12.9. The van der Waals surface area contributed by atoms with Crippen molar-refractivity contribution in [3.63, 3.8) is 0 Å². The molecule has 9 aromatic heterocycles. The van der Waals surface area contributed by atoms with Crippen LogP contribution in [-0.4, -0.2) is 236 Å². The highest BCUT2D eigenvalue weighted by atomic mass is 16.5. The van der Waals surface area contributed by atoms with Crippen LogP contribution < -0.4 is 21.3 Å². The number of carbonyl (C=O) groups is 3. The van der Waals surface area contributed by atoms with E-state index < -0.39 is 0 Å². The molecular formula is C75H93N27O4. The van der Waals surface area contributed by atoms with Crippen LogP contribution >= 0.6 is 0 Å². The minimum Gasteiger partial charge on any atom is -0.379 e. The summed E-state index contributed by atoms with van der Waals surface area (Å²) in [6, 6.07) is 29.8. The van der Waals surface area contributed by atoms with Crippen LogP contribution in [0.25, 0.3) is 34.0 Å². The number of amides is 3. The van der Waals surface area contributed by atoms with Crippen molar-refractivity contribution in [2.24, 2.45) is 0 Å². The predicted molar refractivity (Wildman–Crippen MR) is 403 cm³/mol. The molecule has 12 heterocycles. The SMILES string of the molecule is CC(C)c1cnn2c(NCc3ccccc3-n3cccn3)nc(C(=O)N(C)CCN3CCCC3)nc12.CC(C)c1cnn2c(NCc3ccccc3-n3cccn3)nc(C(=O)N(C)CCN3CCOCC3)nc12.CC(C)c1cnn2c(NCc3ccccc3-n3cccn3)nc(C(=O)N3CCNCC3)nc12. The molecular weight excluding hydrogens is 1340 g/mol. The number of rotatable bonds is 24. The van der Waals surface area contributed by atoms with Crippen LogP contribution in [0.4, 0.5) is 17.8 Å². The van der Waals surface area contributed by atoms with Crippen molar-refractivity contribution in [1.82, 2.24) is 118 Å². The molecule has 0 bridgehead atoms. The van der Waals surface area contributed by atoms with Gasteiger partial charge in [0.05, 0.1) is 48.9 Å². The van der Waals surface area contributed by atoms with Crippen LogP contribution in [0.3, 0.4) is 0 Å². The van der Waals surface area contributed by atoms with Crippen LogP contribution in [0.1, 0.15) is 137 Å². The van der Waals surface area contributed by atoms with E-state index in [4.69, 9.17) is 4.74 Å². The van der Waals surface area contributed by atoms with E-state index in [-0.39, 0.29) is 52.9 Å². The first kappa shape index (κ1) is 72.9. The lowest BCUT2D eigenvalue weighted by atomic mass is 10.1. The lowest BCUT2D eigenvalue weighted by Crippen LogP contribution is -2.46. The quantitative estimate of drug-likeness (QED) is 0.0449. The van der Waals surface area contributed by atoms with Crippen molar-refractivity contribution in [3.8, 4) is 17.1 Å². The molecule has 0 unspecified atom stereocenters. The second-order valence-electron chi connectivity index (χ2n) is 27.4. The number of nitrogens with zero attached hydrogens (tertiary/aromatic N) is 23. The van der Waals surface area contributed by atoms with Crippen molar-refractivity contribution < 1.29 is 19.1 Å².